The second-order valence-electron chi connectivity index (χ2n) is 6.04. The van der Waals surface area contributed by atoms with E-state index in [2.05, 4.69) is 12.2 Å². The fraction of sp³-hybridized carbons (Fsp3) is 0.227. The lowest BCUT2D eigenvalue weighted by molar-refractivity contribution is 0.0411. The molecule has 1 aliphatic rings. The van der Waals surface area contributed by atoms with Crippen LogP contribution in [0.5, 0.6) is 5.75 Å². The van der Waals surface area contributed by atoms with Crippen molar-refractivity contribution in [1.29, 1.82) is 0 Å². The van der Waals surface area contributed by atoms with Crippen molar-refractivity contribution in [3.63, 3.8) is 0 Å². The van der Waals surface area contributed by atoms with E-state index in [1.165, 1.54) is 0 Å². The molecule has 0 saturated carbocycles. The van der Waals surface area contributed by atoms with Crippen LogP contribution in [0.25, 0.3) is 11.1 Å². The summed E-state index contributed by atoms with van der Waals surface area (Å²) in [5, 5.41) is 0. The van der Waals surface area contributed by atoms with E-state index in [0.717, 1.165) is 35.3 Å². The van der Waals surface area contributed by atoms with Gasteiger partial charge in [0, 0.05) is 0 Å². The molecule has 1 unspecified atom stereocenters. The van der Waals surface area contributed by atoms with Gasteiger partial charge in [0.1, 0.15) is 11.9 Å². The first-order valence-corrected chi connectivity index (χ1v) is 8.49. The van der Waals surface area contributed by atoms with Crippen molar-refractivity contribution >= 4 is 5.97 Å². The van der Waals surface area contributed by atoms with Gasteiger partial charge in [0.15, 0.2) is 0 Å². The third-order valence-corrected chi connectivity index (χ3v) is 4.32. The van der Waals surface area contributed by atoms with E-state index < -0.39 is 0 Å². The second-order valence-corrected chi connectivity index (χ2v) is 6.04. The molecule has 0 aromatic heterocycles. The maximum atomic E-state index is 12.3. The van der Waals surface area contributed by atoms with Crippen LogP contribution >= 0.6 is 0 Å². The largest absolute Gasteiger partial charge is 0.497 e. The van der Waals surface area contributed by atoms with Gasteiger partial charge in [0.2, 0.25) is 0 Å². The molecule has 0 heterocycles. The Kier molecular flexibility index (Phi) is 5.34. The van der Waals surface area contributed by atoms with Crippen molar-refractivity contribution in [1.82, 2.24) is 0 Å². The minimum Gasteiger partial charge on any atom is -0.497 e. The smallest absolute Gasteiger partial charge is 0.338 e. The Morgan fingerprint density at radius 2 is 1.60 bits per heavy atom. The number of benzene rings is 2. The molecule has 0 spiro atoms. The molecule has 0 radical (unpaired) electrons. The molecular weight excluding hydrogens is 312 g/mol. The minimum atomic E-state index is -0.298. The summed E-state index contributed by atoms with van der Waals surface area (Å²) in [6.45, 7) is 1.91. The normalized spacial score (nSPS) is 14.6. The van der Waals surface area contributed by atoms with E-state index in [0.29, 0.717) is 5.56 Å². The van der Waals surface area contributed by atoms with Crippen LogP contribution in [0, 0.1) is 0 Å². The highest BCUT2D eigenvalue weighted by Crippen LogP contribution is 2.23. The van der Waals surface area contributed by atoms with Crippen LogP contribution < -0.4 is 4.74 Å². The molecule has 0 fully saturated rings. The van der Waals surface area contributed by atoms with Crippen molar-refractivity contribution in [3.8, 4) is 16.9 Å². The number of esters is 1. The zero-order valence-corrected chi connectivity index (χ0v) is 14.6. The highest BCUT2D eigenvalue weighted by Gasteiger charge is 2.15. The van der Waals surface area contributed by atoms with E-state index >= 15 is 0 Å². The van der Waals surface area contributed by atoms with Crippen LogP contribution in [0.15, 0.2) is 72.3 Å². The van der Waals surface area contributed by atoms with Crippen molar-refractivity contribution in [2.75, 3.05) is 7.11 Å². The third kappa shape index (κ3) is 4.18. The Morgan fingerprint density at radius 1 is 0.960 bits per heavy atom. The maximum Gasteiger partial charge on any atom is 0.338 e. The zero-order valence-electron chi connectivity index (χ0n) is 14.6. The summed E-state index contributed by atoms with van der Waals surface area (Å²) >= 11 is 0. The Labute approximate surface area is 148 Å². The Morgan fingerprint density at radius 3 is 2.16 bits per heavy atom. The fourth-order valence-corrected chi connectivity index (χ4v) is 2.81. The zero-order chi connectivity index (χ0) is 17.6. The molecule has 0 saturated heterocycles. The summed E-state index contributed by atoms with van der Waals surface area (Å²) in [4.78, 5) is 12.3. The predicted molar refractivity (Wildman–Crippen MR) is 99.8 cm³/mol. The van der Waals surface area contributed by atoms with Gasteiger partial charge in [0.25, 0.3) is 0 Å². The van der Waals surface area contributed by atoms with Crippen LogP contribution in [-0.2, 0) is 4.74 Å². The van der Waals surface area contributed by atoms with Crippen molar-refractivity contribution in [3.05, 3.63) is 77.9 Å². The summed E-state index contributed by atoms with van der Waals surface area (Å²) in [6.07, 6.45) is 8.11. The van der Waals surface area contributed by atoms with Crippen LogP contribution in [0.3, 0.4) is 0 Å². The molecule has 1 aliphatic carbocycles. The number of carbonyl (C=O) groups excluding carboxylic acids is 1. The lowest BCUT2D eigenvalue weighted by Gasteiger charge is -2.16. The molecule has 128 valence electrons. The second kappa shape index (κ2) is 7.84. The molecule has 0 aliphatic heterocycles. The number of methoxy groups -OCH3 is 1. The quantitative estimate of drug-likeness (QED) is 0.706. The van der Waals surface area contributed by atoms with E-state index in [9.17, 15) is 4.79 Å². The van der Waals surface area contributed by atoms with Crippen LogP contribution in [0.4, 0.5) is 0 Å². The SMILES string of the molecule is COc1ccc(-c2ccc(C(=O)OC(C)C3=CCCC=C3)cc2)cc1. The Balaban J connectivity index is 1.67. The van der Waals surface area contributed by atoms with Crippen molar-refractivity contribution in [2.45, 2.75) is 25.9 Å². The summed E-state index contributed by atoms with van der Waals surface area (Å²) < 4.78 is 10.7. The van der Waals surface area contributed by atoms with Crippen LogP contribution in [0.2, 0.25) is 0 Å². The molecule has 2 aromatic rings. The number of carbonyl (C=O) groups is 1. The van der Waals surface area contributed by atoms with Crippen molar-refractivity contribution < 1.29 is 14.3 Å². The molecule has 3 rings (SSSR count). The molecule has 25 heavy (non-hydrogen) atoms. The summed E-state index contributed by atoms with van der Waals surface area (Å²) in [6, 6.07) is 15.3. The number of allylic oxidation sites excluding steroid dienone is 2. The lowest BCUT2D eigenvalue weighted by atomic mass is 10.0. The summed E-state index contributed by atoms with van der Waals surface area (Å²) in [5.74, 6) is 0.526. The topological polar surface area (TPSA) is 35.5 Å². The van der Waals surface area contributed by atoms with Gasteiger partial charge in [-0.15, -0.1) is 0 Å². The van der Waals surface area contributed by atoms with E-state index in [-0.39, 0.29) is 12.1 Å². The summed E-state index contributed by atoms with van der Waals surface area (Å²) in [7, 11) is 1.65. The number of ether oxygens (including phenoxy) is 2. The molecule has 1 atom stereocenters. The fourth-order valence-electron chi connectivity index (χ4n) is 2.81. The molecule has 2 aromatic carbocycles. The molecule has 0 amide bonds. The van der Waals surface area contributed by atoms with Gasteiger partial charge in [-0.3, -0.25) is 0 Å². The van der Waals surface area contributed by atoms with Gasteiger partial charge in [-0.2, -0.15) is 0 Å². The lowest BCUT2D eigenvalue weighted by Crippen LogP contribution is -2.17. The van der Waals surface area contributed by atoms with Crippen LogP contribution in [0.1, 0.15) is 30.1 Å². The van der Waals surface area contributed by atoms with E-state index in [1.54, 1.807) is 19.2 Å². The highest BCUT2D eigenvalue weighted by atomic mass is 16.5. The first-order valence-electron chi connectivity index (χ1n) is 8.49. The highest BCUT2D eigenvalue weighted by molar-refractivity contribution is 5.90. The maximum absolute atomic E-state index is 12.3. The number of hydrogen-bond acceptors (Lipinski definition) is 3. The summed E-state index contributed by atoms with van der Waals surface area (Å²) in [5.41, 5.74) is 3.75. The first-order chi connectivity index (χ1) is 12.2. The van der Waals surface area contributed by atoms with Gasteiger partial charge < -0.3 is 9.47 Å². The number of rotatable bonds is 5. The molecule has 0 bridgehead atoms. The van der Waals surface area contributed by atoms with Gasteiger partial charge in [-0.05, 0) is 60.7 Å². The molecular formula is C22H22O3. The number of hydrogen-bond donors (Lipinski definition) is 0. The Hall–Kier alpha value is -2.81. The van der Waals surface area contributed by atoms with Gasteiger partial charge >= 0.3 is 5.97 Å². The first kappa shape index (κ1) is 17.0. The van der Waals surface area contributed by atoms with Crippen molar-refractivity contribution in [2.24, 2.45) is 0 Å². The van der Waals surface area contributed by atoms with E-state index in [1.807, 2.05) is 49.4 Å². The standard InChI is InChI=1S/C22H22O3/c1-16(17-6-4-3-5-7-17)25-22(23)20-10-8-18(9-11-20)19-12-14-21(24-2)15-13-19/h4,6-16H,3,5H2,1-2H3. The van der Waals surface area contributed by atoms with Gasteiger partial charge in [0.05, 0.1) is 12.7 Å². The third-order valence-electron chi connectivity index (χ3n) is 4.32. The predicted octanol–water partition coefficient (Wildman–Crippen LogP) is 5.18. The molecule has 3 heteroatoms. The average Bonchev–Trinajstić information content (AvgIpc) is 2.69. The Bertz CT molecular complexity index is 783. The molecule has 3 nitrogen and oxygen atoms in total. The van der Waals surface area contributed by atoms with Crippen LogP contribution in [-0.4, -0.2) is 19.2 Å². The average molecular weight is 334 g/mol. The van der Waals surface area contributed by atoms with Gasteiger partial charge in [-0.25, -0.2) is 4.79 Å². The minimum absolute atomic E-state index is 0.231. The molecule has 0 N–H and O–H groups in total. The monoisotopic (exact) mass is 334 g/mol. The van der Waals surface area contributed by atoms with E-state index in [4.69, 9.17) is 9.47 Å². The van der Waals surface area contributed by atoms with Gasteiger partial charge in [-0.1, -0.05) is 42.5 Å².